The maximum atomic E-state index is 13.3. The van der Waals surface area contributed by atoms with Crippen molar-refractivity contribution in [1.82, 2.24) is 19.6 Å². The number of aromatic nitrogens is 3. The number of hydrogen-bond acceptors (Lipinski definition) is 4. The number of amides is 1. The zero-order valence-electron chi connectivity index (χ0n) is 15.1. The molecule has 1 unspecified atom stereocenters. The van der Waals surface area contributed by atoms with Crippen LogP contribution in [0.15, 0.2) is 47.2 Å². The van der Waals surface area contributed by atoms with Crippen molar-refractivity contribution in [2.75, 3.05) is 13.1 Å². The minimum absolute atomic E-state index is 0.0125. The first-order chi connectivity index (χ1) is 12.6. The van der Waals surface area contributed by atoms with Crippen LogP contribution in [0, 0.1) is 6.92 Å². The van der Waals surface area contributed by atoms with Gasteiger partial charge in [-0.25, -0.2) is 4.98 Å². The Hall–Kier alpha value is -2.89. The predicted octanol–water partition coefficient (Wildman–Crippen LogP) is 3.40. The second-order valence-electron chi connectivity index (χ2n) is 6.82. The summed E-state index contributed by atoms with van der Waals surface area (Å²) >= 11 is 0. The molecule has 0 bridgehead atoms. The second-order valence-corrected chi connectivity index (χ2v) is 6.82. The Morgan fingerprint density at radius 3 is 2.81 bits per heavy atom. The van der Waals surface area contributed by atoms with Crippen molar-refractivity contribution in [1.29, 1.82) is 0 Å². The summed E-state index contributed by atoms with van der Waals surface area (Å²) < 4.78 is 7.41. The average molecular weight is 350 g/mol. The Morgan fingerprint density at radius 1 is 1.27 bits per heavy atom. The van der Waals surface area contributed by atoms with Crippen molar-refractivity contribution in [3.8, 4) is 11.3 Å². The molecular weight excluding hydrogens is 328 g/mol. The first-order valence-corrected chi connectivity index (χ1v) is 8.93. The second kappa shape index (κ2) is 6.78. The number of nitrogens with zero attached hydrogens (tertiary/aromatic N) is 4. The minimum atomic E-state index is -0.0125. The number of aryl methyl sites for hydroxylation is 2. The van der Waals surface area contributed by atoms with Crippen molar-refractivity contribution in [3.05, 3.63) is 59.9 Å². The molecule has 0 saturated carbocycles. The van der Waals surface area contributed by atoms with Crippen LogP contribution in [0.5, 0.6) is 0 Å². The van der Waals surface area contributed by atoms with Gasteiger partial charge in [-0.15, -0.1) is 0 Å². The van der Waals surface area contributed by atoms with Gasteiger partial charge in [0.15, 0.2) is 0 Å². The Balaban J connectivity index is 1.62. The van der Waals surface area contributed by atoms with Crippen LogP contribution in [-0.4, -0.2) is 38.6 Å². The number of piperidine rings is 1. The van der Waals surface area contributed by atoms with Crippen molar-refractivity contribution in [2.24, 2.45) is 7.05 Å². The van der Waals surface area contributed by atoms with Crippen molar-refractivity contribution < 1.29 is 9.32 Å². The molecule has 0 spiro atoms. The number of carbonyl (C=O) groups is 1. The van der Waals surface area contributed by atoms with Gasteiger partial charge in [-0.05, 0) is 19.8 Å². The Labute approximate surface area is 152 Å². The summed E-state index contributed by atoms with van der Waals surface area (Å²) in [6, 6.07) is 9.71. The maximum Gasteiger partial charge on any atom is 0.259 e. The number of imidazole rings is 1. The van der Waals surface area contributed by atoms with E-state index >= 15 is 0 Å². The van der Waals surface area contributed by atoms with E-state index in [1.54, 1.807) is 6.92 Å². The molecule has 6 nitrogen and oxygen atoms in total. The van der Waals surface area contributed by atoms with Gasteiger partial charge in [0.25, 0.3) is 5.91 Å². The summed E-state index contributed by atoms with van der Waals surface area (Å²) in [7, 11) is 2.00. The van der Waals surface area contributed by atoms with Gasteiger partial charge in [0.1, 0.15) is 22.8 Å². The van der Waals surface area contributed by atoms with E-state index in [0.717, 1.165) is 30.8 Å². The Kier molecular flexibility index (Phi) is 4.32. The molecule has 1 amide bonds. The van der Waals surface area contributed by atoms with Gasteiger partial charge < -0.3 is 14.0 Å². The summed E-state index contributed by atoms with van der Waals surface area (Å²) in [5, 5.41) is 4.15. The molecule has 2 aromatic heterocycles. The molecule has 4 rings (SSSR count). The molecule has 3 aromatic rings. The smallest absolute Gasteiger partial charge is 0.259 e. The SMILES string of the molecule is Cc1onc(-c2ccccc2)c1C(=O)N1CCCC(c2nccn2C)C1. The molecule has 134 valence electrons. The van der Waals surface area contributed by atoms with E-state index in [4.69, 9.17) is 4.52 Å². The Bertz CT molecular complexity index is 913. The van der Waals surface area contributed by atoms with E-state index < -0.39 is 0 Å². The minimum Gasteiger partial charge on any atom is -0.360 e. The summed E-state index contributed by atoms with van der Waals surface area (Å²) in [5.41, 5.74) is 2.08. The van der Waals surface area contributed by atoms with E-state index in [1.807, 2.05) is 59.2 Å². The van der Waals surface area contributed by atoms with Crippen molar-refractivity contribution >= 4 is 5.91 Å². The molecule has 3 heterocycles. The standard InChI is InChI=1S/C20H22N4O2/c1-14-17(18(22-26-14)15-7-4-3-5-8-15)20(25)24-11-6-9-16(13-24)19-21-10-12-23(19)2/h3-5,7-8,10,12,16H,6,9,11,13H2,1-2H3. The molecular formula is C20H22N4O2. The summed E-state index contributed by atoms with van der Waals surface area (Å²) in [5.74, 6) is 1.84. The molecule has 26 heavy (non-hydrogen) atoms. The molecule has 1 atom stereocenters. The fraction of sp³-hybridized carbons (Fsp3) is 0.350. The van der Waals surface area contributed by atoms with Crippen LogP contribution in [0.3, 0.4) is 0 Å². The highest BCUT2D eigenvalue weighted by Gasteiger charge is 2.31. The van der Waals surface area contributed by atoms with Crippen LogP contribution in [0.2, 0.25) is 0 Å². The molecule has 1 aromatic carbocycles. The quantitative estimate of drug-likeness (QED) is 0.726. The third kappa shape index (κ3) is 2.92. The molecule has 1 saturated heterocycles. The number of rotatable bonds is 3. The van der Waals surface area contributed by atoms with Crippen LogP contribution in [0.25, 0.3) is 11.3 Å². The van der Waals surface area contributed by atoms with Gasteiger partial charge in [0.2, 0.25) is 0 Å². The molecule has 1 aliphatic heterocycles. The fourth-order valence-corrected chi connectivity index (χ4v) is 3.72. The van der Waals surface area contributed by atoms with Gasteiger partial charge >= 0.3 is 0 Å². The number of benzene rings is 1. The van der Waals surface area contributed by atoms with Gasteiger partial charge in [-0.3, -0.25) is 4.79 Å². The van der Waals surface area contributed by atoms with Gasteiger partial charge in [-0.2, -0.15) is 0 Å². The van der Waals surface area contributed by atoms with E-state index in [-0.39, 0.29) is 11.8 Å². The number of carbonyl (C=O) groups excluding carboxylic acids is 1. The van der Waals surface area contributed by atoms with Crippen LogP contribution in [-0.2, 0) is 7.05 Å². The monoisotopic (exact) mass is 350 g/mol. The van der Waals surface area contributed by atoms with Crippen molar-refractivity contribution in [3.63, 3.8) is 0 Å². The topological polar surface area (TPSA) is 64.2 Å². The lowest BCUT2D eigenvalue weighted by molar-refractivity contribution is 0.0702. The van der Waals surface area contributed by atoms with Gasteiger partial charge in [0.05, 0.1) is 0 Å². The van der Waals surface area contributed by atoms with E-state index in [1.165, 1.54) is 0 Å². The first-order valence-electron chi connectivity index (χ1n) is 8.93. The lowest BCUT2D eigenvalue weighted by Crippen LogP contribution is -2.40. The highest BCUT2D eigenvalue weighted by Crippen LogP contribution is 2.30. The third-order valence-electron chi connectivity index (χ3n) is 5.06. The zero-order chi connectivity index (χ0) is 18.1. The van der Waals surface area contributed by atoms with Gasteiger partial charge in [-0.1, -0.05) is 35.5 Å². The summed E-state index contributed by atoms with van der Waals surface area (Å²) in [6.07, 6.45) is 5.78. The highest BCUT2D eigenvalue weighted by molar-refractivity contribution is 6.00. The molecule has 0 N–H and O–H groups in total. The first kappa shape index (κ1) is 16.6. The van der Waals surface area contributed by atoms with Crippen LogP contribution in [0.4, 0.5) is 0 Å². The lowest BCUT2D eigenvalue weighted by atomic mass is 9.96. The van der Waals surface area contributed by atoms with Crippen molar-refractivity contribution in [2.45, 2.75) is 25.7 Å². The molecule has 0 radical (unpaired) electrons. The maximum absolute atomic E-state index is 13.3. The Morgan fingerprint density at radius 2 is 2.08 bits per heavy atom. The number of likely N-dealkylation sites (tertiary alicyclic amines) is 1. The third-order valence-corrected chi connectivity index (χ3v) is 5.06. The number of hydrogen-bond donors (Lipinski definition) is 0. The molecule has 1 aliphatic rings. The predicted molar refractivity (Wildman–Crippen MR) is 97.8 cm³/mol. The fourth-order valence-electron chi connectivity index (χ4n) is 3.72. The average Bonchev–Trinajstić information content (AvgIpc) is 3.27. The summed E-state index contributed by atoms with van der Waals surface area (Å²) in [4.78, 5) is 19.7. The van der Waals surface area contributed by atoms with Crippen LogP contribution < -0.4 is 0 Å². The van der Waals surface area contributed by atoms with Crippen LogP contribution in [0.1, 0.15) is 40.7 Å². The zero-order valence-corrected chi connectivity index (χ0v) is 15.1. The lowest BCUT2D eigenvalue weighted by Gasteiger charge is -2.32. The van der Waals surface area contributed by atoms with E-state index in [9.17, 15) is 4.79 Å². The molecule has 0 aliphatic carbocycles. The summed E-state index contributed by atoms with van der Waals surface area (Å²) in [6.45, 7) is 3.22. The highest BCUT2D eigenvalue weighted by atomic mass is 16.5. The van der Waals surface area contributed by atoms with Gasteiger partial charge in [0, 0.05) is 44.0 Å². The van der Waals surface area contributed by atoms with Crippen LogP contribution >= 0.6 is 0 Å². The molecule has 1 fully saturated rings. The van der Waals surface area contributed by atoms with E-state index in [2.05, 4.69) is 10.1 Å². The van der Waals surface area contributed by atoms with E-state index in [0.29, 0.717) is 23.6 Å². The largest absolute Gasteiger partial charge is 0.360 e. The normalized spacial score (nSPS) is 17.5. The molecule has 6 heteroatoms.